The van der Waals surface area contributed by atoms with Gasteiger partial charge in [-0.3, -0.25) is 0 Å². The van der Waals surface area contributed by atoms with E-state index in [-0.39, 0.29) is 0 Å². The summed E-state index contributed by atoms with van der Waals surface area (Å²) in [6, 6.07) is 0. The molecule has 1 saturated carbocycles. The first-order valence-corrected chi connectivity index (χ1v) is 7.03. The lowest BCUT2D eigenvalue weighted by Crippen LogP contribution is -2.05. The third kappa shape index (κ3) is 4.48. The van der Waals surface area contributed by atoms with E-state index in [1.165, 1.54) is 49.4 Å². The first kappa shape index (κ1) is 11.5. The molecule has 0 amide bonds. The first-order valence-electron chi connectivity index (χ1n) is 5.50. The van der Waals surface area contributed by atoms with Gasteiger partial charge in [0, 0.05) is 0 Å². The van der Waals surface area contributed by atoms with Gasteiger partial charge in [-0.05, 0) is 41.9 Å². The SMILES string of the molecule is CC1(/C=C\CCCCI)CCCC1. The summed E-state index contributed by atoms with van der Waals surface area (Å²) in [5.74, 6) is 0. The summed E-state index contributed by atoms with van der Waals surface area (Å²) in [4.78, 5) is 0. The molecule has 1 rings (SSSR count). The Morgan fingerprint density at radius 2 is 1.92 bits per heavy atom. The highest BCUT2D eigenvalue weighted by molar-refractivity contribution is 14.1. The summed E-state index contributed by atoms with van der Waals surface area (Å²) in [6.45, 7) is 2.41. The van der Waals surface area contributed by atoms with Crippen LogP contribution >= 0.6 is 22.6 Å². The maximum atomic E-state index is 2.48. The van der Waals surface area contributed by atoms with Gasteiger partial charge < -0.3 is 0 Å². The number of halogens is 1. The lowest BCUT2D eigenvalue weighted by molar-refractivity contribution is 0.444. The lowest BCUT2D eigenvalue weighted by Gasteiger charge is -2.17. The van der Waals surface area contributed by atoms with Crippen LogP contribution in [0.2, 0.25) is 0 Å². The molecule has 0 radical (unpaired) electrons. The minimum Gasteiger partial charge on any atom is -0.0880 e. The molecule has 1 aliphatic rings. The van der Waals surface area contributed by atoms with Crippen LogP contribution < -0.4 is 0 Å². The van der Waals surface area contributed by atoms with Crippen LogP contribution in [0, 0.1) is 5.41 Å². The Hall–Kier alpha value is 0.470. The van der Waals surface area contributed by atoms with E-state index >= 15 is 0 Å². The fourth-order valence-electron chi connectivity index (χ4n) is 2.07. The largest absolute Gasteiger partial charge is 0.0880 e. The molecule has 0 aromatic carbocycles. The van der Waals surface area contributed by atoms with Crippen LogP contribution in [0.3, 0.4) is 0 Å². The van der Waals surface area contributed by atoms with Gasteiger partial charge in [0.2, 0.25) is 0 Å². The molecule has 76 valence electrons. The molecule has 0 saturated heterocycles. The third-order valence-corrected chi connectivity index (χ3v) is 3.78. The second-order valence-corrected chi connectivity index (χ2v) is 5.53. The smallest absolute Gasteiger partial charge is 0.000462 e. The fourth-order valence-corrected chi connectivity index (χ4v) is 2.61. The molecule has 0 heterocycles. The quantitative estimate of drug-likeness (QED) is 0.297. The van der Waals surface area contributed by atoms with Crippen molar-refractivity contribution in [2.45, 2.75) is 51.9 Å². The lowest BCUT2D eigenvalue weighted by atomic mass is 9.88. The van der Waals surface area contributed by atoms with E-state index in [2.05, 4.69) is 41.7 Å². The Morgan fingerprint density at radius 1 is 1.23 bits per heavy atom. The highest BCUT2D eigenvalue weighted by atomic mass is 127. The van der Waals surface area contributed by atoms with Gasteiger partial charge in [0.25, 0.3) is 0 Å². The van der Waals surface area contributed by atoms with Gasteiger partial charge in [0.15, 0.2) is 0 Å². The Kier molecular flexibility index (Phi) is 5.37. The van der Waals surface area contributed by atoms with Crippen molar-refractivity contribution in [3.05, 3.63) is 12.2 Å². The van der Waals surface area contributed by atoms with Gasteiger partial charge in [-0.25, -0.2) is 0 Å². The highest BCUT2D eigenvalue weighted by Crippen LogP contribution is 2.38. The van der Waals surface area contributed by atoms with Crippen LogP contribution in [0.5, 0.6) is 0 Å². The van der Waals surface area contributed by atoms with Crippen molar-refractivity contribution < 1.29 is 0 Å². The van der Waals surface area contributed by atoms with Crippen molar-refractivity contribution >= 4 is 22.6 Å². The van der Waals surface area contributed by atoms with Crippen molar-refractivity contribution in [2.75, 3.05) is 4.43 Å². The summed E-state index contributed by atoms with van der Waals surface area (Å²) in [5.41, 5.74) is 0.560. The van der Waals surface area contributed by atoms with Crippen LogP contribution in [-0.4, -0.2) is 4.43 Å². The number of hydrogen-bond donors (Lipinski definition) is 0. The molecular weight excluding hydrogens is 271 g/mol. The minimum absolute atomic E-state index is 0.560. The second-order valence-electron chi connectivity index (χ2n) is 4.45. The molecular formula is C12H21I. The zero-order valence-electron chi connectivity index (χ0n) is 8.69. The van der Waals surface area contributed by atoms with E-state index in [0.29, 0.717) is 5.41 Å². The normalized spacial score (nSPS) is 21.4. The van der Waals surface area contributed by atoms with Gasteiger partial charge >= 0.3 is 0 Å². The predicted molar refractivity (Wildman–Crippen MR) is 68.5 cm³/mol. The van der Waals surface area contributed by atoms with Crippen molar-refractivity contribution in [1.82, 2.24) is 0 Å². The van der Waals surface area contributed by atoms with Gasteiger partial charge in [-0.1, -0.05) is 54.5 Å². The number of alkyl halides is 1. The van der Waals surface area contributed by atoms with Crippen molar-refractivity contribution in [2.24, 2.45) is 5.41 Å². The summed E-state index contributed by atoms with van der Waals surface area (Å²) < 4.78 is 1.31. The molecule has 0 spiro atoms. The number of allylic oxidation sites excluding steroid dienone is 2. The Morgan fingerprint density at radius 3 is 2.54 bits per heavy atom. The molecule has 0 aromatic heterocycles. The monoisotopic (exact) mass is 292 g/mol. The third-order valence-electron chi connectivity index (χ3n) is 3.02. The molecule has 1 aliphatic carbocycles. The van der Waals surface area contributed by atoms with E-state index < -0.39 is 0 Å². The zero-order chi connectivity index (χ0) is 9.57. The molecule has 0 bridgehead atoms. The first-order chi connectivity index (χ1) is 6.27. The van der Waals surface area contributed by atoms with E-state index in [0.717, 1.165) is 0 Å². The average molecular weight is 292 g/mol. The summed E-state index contributed by atoms with van der Waals surface area (Å²) >= 11 is 2.46. The standard InChI is InChI=1S/C12H21I/c1-12(9-5-6-10-12)8-4-2-3-7-11-13/h4,8H,2-3,5-7,9-11H2,1H3/b8-4-. The molecule has 0 unspecified atom stereocenters. The molecule has 0 N–H and O–H groups in total. The second kappa shape index (κ2) is 6.05. The van der Waals surface area contributed by atoms with E-state index in [9.17, 15) is 0 Å². The van der Waals surface area contributed by atoms with Crippen LogP contribution in [0.25, 0.3) is 0 Å². The molecule has 0 aromatic rings. The Balaban J connectivity index is 2.14. The maximum Gasteiger partial charge on any atom is -0.000462 e. The Bertz CT molecular complexity index is 155. The molecule has 0 atom stereocenters. The summed E-state index contributed by atoms with van der Waals surface area (Å²) in [7, 11) is 0. The van der Waals surface area contributed by atoms with Crippen LogP contribution in [0.1, 0.15) is 51.9 Å². The van der Waals surface area contributed by atoms with Gasteiger partial charge in [0.05, 0.1) is 0 Å². The number of hydrogen-bond acceptors (Lipinski definition) is 0. The van der Waals surface area contributed by atoms with E-state index in [1.54, 1.807) is 0 Å². The van der Waals surface area contributed by atoms with Gasteiger partial charge in [-0.2, -0.15) is 0 Å². The Labute approximate surface area is 96.3 Å². The van der Waals surface area contributed by atoms with Crippen molar-refractivity contribution in [3.8, 4) is 0 Å². The fraction of sp³-hybridized carbons (Fsp3) is 0.833. The molecule has 1 fully saturated rings. The minimum atomic E-state index is 0.560. The topological polar surface area (TPSA) is 0 Å². The summed E-state index contributed by atoms with van der Waals surface area (Å²) in [6.07, 6.45) is 14.6. The molecule has 13 heavy (non-hydrogen) atoms. The number of rotatable bonds is 5. The maximum absolute atomic E-state index is 2.48. The van der Waals surface area contributed by atoms with Crippen LogP contribution in [-0.2, 0) is 0 Å². The van der Waals surface area contributed by atoms with Crippen molar-refractivity contribution in [3.63, 3.8) is 0 Å². The summed E-state index contributed by atoms with van der Waals surface area (Å²) in [5, 5.41) is 0. The molecule has 1 heteroatoms. The predicted octanol–water partition coefficient (Wildman–Crippen LogP) is 4.73. The highest BCUT2D eigenvalue weighted by Gasteiger charge is 2.24. The van der Waals surface area contributed by atoms with Gasteiger partial charge in [0.1, 0.15) is 0 Å². The van der Waals surface area contributed by atoms with Crippen molar-refractivity contribution in [1.29, 1.82) is 0 Å². The van der Waals surface area contributed by atoms with E-state index in [4.69, 9.17) is 0 Å². The molecule has 0 aliphatic heterocycles. The zero-order valence-corrected chi connectivity index (χ0v) is 10.8. The van der Waals surface area contributed by atoms with Crippen LogP contribution in [0.4, 0.5) is 0 Å². The molecule has 0 nitrogen and oxygen atoms in total. The van der Waals surface area contributed by atoms with E-state index in [1.807, 2.05) is 0 Å². The van der Waals surface area contributed by atoms with Gasteiger partial charge in [-0.15, -0.1) is 0 Å². The van der Waals surface area contributed by atoms with Crippen LogP contribution in [0.15, 0.2) is 12.2 Å². The number of unbranched alkanes of at least 4 members (excludes halogenated alkanes) is 2. The average Bonchev–Trinajstić information content (AvgIpc) is 2.53.